The van der Waals surface area contributed by atoms with Crippen LogP contribution in [0.15, 0.2) is 28.7 Å². The maximum Gasteiger partial charge on any atom is 0.219 e. The highest BCUT2D eigenvalue weighted by molar-refractivity contribution is 5.28. The number of aliphatic hydroxyl groups excluding tert-OH is 1. The second-order valence-electron chi connectivity index (χ2n) is 4.89. The number of aliphatic hydroxyl groups is 1. The monoisotopic (exact) mass is 276 g/mol. The average molecular weight is 276 g/mol. The van der Waals surface area contributed by atoms with Crippen molar-refractivity contribution < 1.29 is 14.3 Å². The Balaban J connectivity index is 1.79. The van der Waals surface area contributed by atoms with Gasteiger partial charge in [-0.1, -0.05) is 26.0 Å². The van der Waals surface area contributed by atoms with Gasteiger partial charge >= 0.3 is 0 Å². The number of benzene rings is 1. The van der Waals surface area contributed by atoms with E-state index in [4.69, 9.17) is 14.3 Å². The molecule has 2 rings (SSSR count). The topological polar surface area (TPSA) is 68.4 Å². The van der Waals surface area contributed by atoms with Crippen molar-refractivity contribution in [1.29, 1.82) is 0 Å². The molecule has 0 spiro atoms. The van der Waals surface area contributed by atoms with Gasteiger partial charge < -0.3 is 14.3 Å². The summed E-state index contributed by atoms with van der Waals surface area (Å²) in [6.45, 7) is 4.83. The van der Waals surface area contributed by atoms with Crippen LogP contribution < -0.4 is 4.74 Å². The molecule has 0 saturated carbocycles. The minimum absolute atomic E-state index is 0.0142. The van der Waals surface area contributed by atoms with Crippen molar-refractivity contribution in [1.82, 2.24) is 10.2 Å². The van der Waals surface area contributed by atoms with Crippen molar-refractivity contribution >= 4 is 0 Å². The third-order valence-corrected chi connectivity index (χ3v) is 2.97. The maximum atomic E-state index is 8.76. The van der Waals surface area contributed by atoms with E-state index < -0.39 is 0 Å². The molecule has 0 atom stereocenters. The fourth-order valence-electron chi connectivity index (χ4n) is 1.79. The van der Waals surface area contributed by atoms with Gasteiger partial charge in [0.15, 0.2) is 0 Å². The molecule has 20 heavy (non-hydrogen) atoms. The quantitative estimate of drug-likeness (QED) is 0.840. The summed E-state index contributed by atoms with van der Waals surface area (Å²) < 4.78 is 11.0. The van der Waals surface area contributed by atoms with Gasteiger partial charge in [0.1, 0.15) is 5.75 Å². The van der Waals surface area contributed by atoms with Gasteiger partial charge in [0.05, 0.1) is 19.6 Å². The van der Waals surface area contributed by atoms with Crippen LogP contribution in [0, 0.1) is 0 Å². The zero-order valence-electron chi connectivity index (χ0n) is 11.9. The molecule has 0 aliphatic carbocycles. The SMILES string of the molecule is CC(C)c1ccc(OCCc2nnc(CCO)o2)cc1. The van der Waals surface area contributed by atoms with E-state index in [1.165, 1.54) is 5.56 Å². The van der Waals surface area contributed by atoms with Gasteiger partial charge in [-0.2, -0.15) is 0 Å². The van der Waals surface area contributed by atoms with Crippen LogP contribution in [0.5, 0.6) is 5.75 Å². The van der Waals surface area contributed by atoms with Gasteiger partial charge in [0.25, 0.3) is 0 Å². The van der Waals surface area contributed by atoms with Crippen LogP contribution in [0.1, 0.15) is 37.1 Å². The number of nitrogens with zero attached hydrogens (tertiary/aromatic N) is 2. The zero-order valence-corrected chi connectivity index (χ0v) is 11.9. The lowest BCUT2D eigenvalue weighted by Crippen LogP contribution is -2.01. The molecule has 0 radical (unpaired) electrons. The number of hydrogen-bond acceptors (Lipinski definition) is 5. The first-order valence-corrected chi connectivity index (χ1v) is 6.84. The summed E-state index contributed by atoms with van der Waals surface area (Å²) in [5.74, 6) is 2.35. The summed E-state index contributed by atoms with van der Waals surface area (Å²) in [7, 11) is 0. The molecule has 5 heteroatoms. The Labute approximate surface area is 118 Å². The van der Waals surface area contributed by atoms with Crippen LogP contribution in [0.4, 0.5) is 0 Å². The molecule has 0 amide bonds. The molecular weight excluding hydrogens is 256 g/mol. The Kier molecular flexibility index (Phi) is 5.12. The fourth-order valence-corrected chi connectivity index (χ4v) is 1.79. The Bertz CT molecular complexity index is 520. The van der Waals surface area contributed by atoms with Crippen LogP contribution >= 0.6 is 0 Å². The first-order valence-electron chi connectivity index (χ1n) is 6.84. The van der Waals surface area contributed by atoms with E-state index in [-0.39, 0.29) is 6.61 Å². The van der Waals surface area contributed by atoms with E-state index in [0.717, 1.165) is 5.75 Å². The predicted octanol–water partition coefficient (Wildman–Crippen LogP) is 2.35. The summed E-state index contributed by atoms with van der Waals surface area (Å²) in [5, 5.41) is 16.5. The molecule has 0 fully saturated rings. The second kappa shape index (κ2) is 7.05. The second-order valence-corrected chi connectivity index (χ2v) is 4.89. The summed E-state index contributed by atoms with van der Waals surface area (Å²) in [4.78, 5) is 0. The molecule has 1 N–H and O–H groups in total. The molecule has 5 nitrogen and oxygen atoms in total. The zero-order chi connectivity index (χ0) is 14.4. The van der Waals surface area contributed by atoms with Gasteiger partial charge in [0.2, 0.25) is 11.8 Å². The lowest BCUT2D eigenvalue weighted by Gasteiger charge is -2.08. The molecule has 0 bridgehead atoms. The predicted molar refractivity (Wildman–Crippen MR) is 74.8 cm³/mol. The van der Waals surface area contributed by atoms with E-state index >= 15 is 0 Å². The van der Waals surface area contributed by atoms with E-state index in [1.807, 2.05) is 12.1 Å². The molecule has 1 aromatic heterocycles. The van der Waals surface area contributed by atoms with Crippen LogP contribution in [-0.4, -0.2) is 28.5 Å². The van der Waals surface area contributed by atoms with E-state index in [0.29, 0.717) is 37.1 Å². The van der Waals surface area contributed by atoms with Crippen molar-refractivity contribution in [3.05, 3.63) is 41.6 Å². The van der Waals surface area contributed by atoms with Crippen molar-refractivity contribution in [2.24, 2.45) is 0 Å². The van der Waals surface area contributed by atoms with E-state index in [2.05, 4.69) is 36.2 Å². The van der Waals surface area contributed by atoms with Gasteiger partial charge in [-0.25, -0.2) is 0 Å². The summed E-state index contributed by atoms with van der Waals surface area (Å²) in [6.07, 6.45) is 0.953. The molecule has 2 aromatic rings. The average Bonchev–Trinajstić information content (AvgIpc) is 2.87. The first kappa shape index (κ1) is 14.5. The van der Waals surface area contributed by atoms with Crippen LogP contribution in [0.3, 0.4) is 0 Å². The largest absolute Gasteiger partial charge is 0.493 e. The van der Waals surface area contributed by atoms with Gasteiger partial charge in [-0.3, -0.25) is 0 Å². The number of ether oxygens (including phenoxy) is 1. The lowest BCUT2D eigenvalue weighted by molar-refractivity contribution is 0.278. The van der Waals surface area contributed by atoms with Gasteiger partial charge in [-0.15, -0.1) is 10.2 Å². The van der Waals surface area contributed by atoms with E-state index in [9.17, 15) is 0 Å². The van der Waals surface area contributed by atoms with Crippen LogP contribution in [0.25, 0.3) is 0 Å². The number of aromatic nitrogens is 2. The first-order chi connectivity index (χ1) is 9.69. The highest BCUT2D eigenvalue weighted by Crippen LogP contribution is 2.18. The normalized spacial score (nSPS) is 11.0. The van der Waals surface area contributed by atoms with Crippen LogP contribution in [-0.2, 0) is 12.8 Å². The third-order valence-electron chi connectivity index (χ3n) is 2.97. The Hall–Kier alpha value is -1.88. The fraction of sp³-hybridized carbons (Fsp3) is 0.467. The number of rotatable bonds is 7. The lowest BCUT2D eigenvalue weighted by atomic mass is 10.0. The molecule has 0 saturated heterocycles. The summed E-state index contributed by atoms with van der Waals surface area (Å²) in [6, 6.07) is 8.10. The molecule has 1 aromatic carbocycles. The third kappa shape index (κ3) is 4.06. The highest BCUT2D eigenvalue weighted by Gasteiger charge is 2.06. The van der Waals surface area contributed by atoms with E-state index in [1.54, 1.807) is 0 Å². The standard InChI is InChI=1S/C15H20N2O3/c1-11(2)12-3-5-13(6-4-12)19-10-8-15-17-16-14(20-15)7-9-18/h3-6,11,18H,7-10H2,1-2H3. The Morgan fingerprint density at radius 1 is 1.10 bits per heavy atom. The molecule has 0 aliphatic rings. The molecule has 108 valence electrons. The van der Waals surface area contributed by atoms with Crippen LogP contribution in [0.2, 0.25) is 0 Å². The minimum Gasteiger partial charge on any atom is -0.493 e. The Morgan fingerprint density at radius 2 is 1.75 bits per heavy atom. The van der Waals surface area contributed by atoms with Crippen molar-refractivity contribution in [3.8, 4) is 5.75 Å². The summed E-state index contributed by atoms with van der Waals surface area (Å²) in [5.41, 5.74) is 1.29. The molecule has 1 heterocycles. The number of hydrogen-bond donors (Lipinski definition) is 1. The molecule has 0 aliphatic heterocycles. The maximum absolute atomic E-state index is 8.76. The molecular formula is C15H20N2O3. The smallest absolute Gasteiger partial charge is 0.219 e. The van der Waals surface area contributed by atoms with Crippen molar-refractivity contribution in [2.75, 3.05) is 13.2 Å². The van der Waals surface area contributed by atoms with Crippen molar-refractivity contribution in [2.45, 2.75) is 32.6 Å². The van der Waals surface area contributed by atoms with Crippen molar-refractivity contribution in [3.63, 3.8) is 0 Å². The van der Waals surface area contributed by atoms with Gasteiger partial charge in [-0.05, 0) is 23.6 Å². The van der Waals surface area contributed by atoms with Gasteiger partial charge in [0, 0.05) is 6.42 Å². The molecule has 0 unspecified atom stereocenters. The highest BCUT2D eigenvalue weighted by atomic mass is 16.5. The minimum atomic E-state index is 0.0142. The Morgan fingerprint density at radius 3 is 2.35 bits per heavy atom. The summed E-state index contributed by atoms with van der Waals surface area (Å²) >= 11 is 0.